The van der Waals surface area contributed by atoms with Crippen LogP contribution >= 0.6 is 0 Å². The molecule has 0 aromatic rings. The number of carbonyl (C=O) groups excluding carboxylic acids is 2. The van der Waals surface area contributed by atoms with Crippen LogP contribution in [0.2, 0.25) is 0 Å². The fraction of sp³-hybridized carbons (Fsp3) is 0.364. The van der Waals surface area contributed by atoms with Crippen molar-refractivity contribution in [1.82, 2.24) is 0 Å². The molecule has 0 radical (unpaired) electrons. The fourth-order valence-corrected chi connectivity index (χ4v) is 1.77. The van der Waals surface area contributed by atoms with E-state index in [0.717, 1.165) is 26.2 Å². The Kier molecular flexibility index (Phi) is 7.96. The molecular formula is C11H11KN2O7. The molecule has 9 nitrogen and oxygen atoms in total. The summed E-state index contributed by atoms with van der Waals surface area (Å²) in [6.45, 7) is 1.16. The smallest absolute Gasteiger partial charge is 0.470 e. The third-order valence-corrected chi connectivity index (χ3v) is 2.59. The van der Waals surface area contributed by atoms with E-state index in [0.29, 0.717) is 0 Å². The Morgan fingerprint density at radius 1 is 1.24 bits per heavy atom. The number of ketones is 1. The molecule has 108 valence electrons. The van der Waals surface area contributed by atoms with Crippen molar-refractivity contribution in [2.24, 2.45) is 5.92 Å². The van der Waals surface area contributed by atoms with Gasteiger partial charge in [0.05, 0.1) is 7.11 Å². The molecule has 0 amide bonds. The summed E-state index contributed by atoms with van der Waals surface area (Å²) in [4.78, 5) is 42.7. The molecule has 0 saturated heterocycles. The molecule has 1 aliphatic carbocycles. The van der Waals surface area contributed by atoms with Crippen LogP contribution in [0.15, 0.2) is 23.5 Å². The molecule has 1 rings (SSSR count). The predicted octanol–water partition coefficient (Wildman–Crippen LogP) is -2.33. The number of nitro groups is 2. The third kappa shape index (κ3) is 5.00. The number of ether oxygens (including phenoxy) is 1. The molecule has 0 aliphatic heterocycles. The average Bonchev–Trinajstić information content (AvgIpc) is 2.36. The number of rotatable bonds is 5. The summed E-state index contributed by atoms with van der Waals surface area (Å²) in [6, 6.07) is 0. The van der Waals surface area contributed by atoms with Gasteiger partial charge in [0, 0.05) is 21.7 Å². The number of methoxy groups -OCH3 is 1. The molecule has 0 N–H and O–H groups in total. The number of nitrogens with zero attached hydrogens (tertiary/aromatic N) is 2. The molecule has 0 aromatic carbocycles. The normalized spacial score (nSPS) is 14.5. The van der Waals surface area contributed by atoms with Crippen molar-refractivity contribution < 1.29 is 75.6 Å². The van der Waals surface area contributed by atoms with Crippen molar-refractivity contribution in [1.29, 1.82) is 0 Å². The van der Waals surface area contributed by atoms with Gasteiger partial charge >= 0.3 is 51.4 Å². The quantitative estimate of drug-likeness (QED) is 0.182. The van der Waals surface area contributed by atoms with E-state index in [1.807, 2.05) is 0 Å². The van der Waals surface area contributed by atoms with Gasteiger partial charge in [-0.1, -0.05) is 12.2 Å². The maximum atomic E-state index is 11.4. The fourth-order valence-electron chi connectivity index (χ4n) is 1.77. The summed E-state index contributed by atoms with van der Waals surface area (Å²) in [7, 11) is 1.07. The SMILES string of the molecule is COC(=O)C1C=C([N+](=O)[O-])[C-](CC(C)=O)C([N+](=O)[O-])=C1.[K+]. The Bertz CT molecular complexity index is 509. The largest absolute Gasteiger partial charge is 1.00 e. The summed E-state index contributed by atoms with van der Waals surface area (Å²) < 4.78 is 4.41. The van der Waals surface area contributed by atoms with Gasteiger partial charge in [-0.2, -0.15) is 0 Å². The molecule has 0 saturated carbocycles. The van der Waals surface area contributed by atoms with Crippen LogP contribution in [0.5, 0.6) is 0 Å². The van der Waals surface area contributed by atoms with Gasteiger partial charge in [-0.3, -0.25) is 25.0 Å². The molecule has 0 bridgehead atoms. The van der Waals surface area contributed by atoms with Gasteiger partial charge < -0.3 is 9.53 Å². The van der Waals surface area contributed by atoms with E-state index in [9.17, 15) is 29.8 Å². The number of hydrogen-bond acceptors (Lipinski definition) is 7. The van der Waals surface area contributed by atoms with Crippen molar-refractivity contribution in [3.8, 4) is 0 Å². The molecule has 21 heavy (non-hydrogen) atoms. The second-order valence-electron chi connectivity index (χ2n) is 4.02. The number of hydrogen-bond donors (Lipinski definition) is 0. The summed E-state index contributed by atoms with van der Waals surface area (Å²) in [5.74, 6) is -2.85. The zero-order valence-corrected chi connectivity index (χ0v) is 14.8. The van der Waals surface area contributed by atoms with Crippen LogP contribution in [0.3, 0.4) is 0 Å². The molecular weight excluding hydrogens is 311 g/mol. The topological polar surface area (TPSA) is 130 Å². The minimum absolute atomic E-state index is 0. The van der Waals surface area contributed by atoms with Crippen molar-refractivity contribution in [2.75, 3.05) is 7.11 Å². The van der Waals surface area contributed by atoms with Crippen LogP contribution in [0.4, 0.5) is 0 Å². The Balaban J connectivity index is 0.00000400. The van der Waals surface area contributed by atoms with E-state index < -0.39 is 45.3 Å². The zero-order valence-electron chi connectivity index (χ0n) is 11.7. The van der Waals surface area contributed by atoms with E-state index in [4.69, 9.17) is 0 Å². The van der Waals surface area contributed by atoms with Crippen LogP contribution in [-0.2, 0) is 14.3 Å². The third-order valence-electron chi connectivity index (χ3n) is 2.59. The molecule has 0 heterocycles. The Morgan fingerprint density at radius 3 is 1.95 bits per heavy atom. The first kappa shape index (κ1) is 19.9. The van der Waals surface area contributed by atoms with Gasteiger partial charge in [0.2, 0.25) is 0 Å². The standard InChI is InChI=1S/C11H11N2O7.K/c1-6(14)3-8-9(12(16)17)4-7(11(15)20-2)5-10(8)13(18)19;/h4-5,7H,3H2,1-2H3;/q-1;+1. The average molecular weight is 322 g/mol. The zero-order chi connectivity index (χ0) is 15.4. The number of esters is 1. The van der Waals surface area contributed by atoms with E-state index >= 15 is 0 Å². The van der Waals surface area contributed by atoms with Gasteiger partial charge in [-0.05, 0) is 13.3 Å². The van der Waals surface area contributed by atoms with Crippen LogP contribution in [-0.4, -0.2) is 28.7 Å². The summed E-state index contributed by atoms with van der Waals surface area (Å²) in [5.41, 5.74) is -1.24. The van der Waals surface area contributed by atoms with Gasteiger partial charge in [0.15, 0.2) is 11.4 Å². The summed E-state index contributed by atoms with van der Waals surface area (Å²) >= 11 is 0. The summed E-state index contributed by atoms with van der Waals surface area (Å²) in [5, 5.41) is 21.9. The second kappa shape index (κ2) is 8.39. The molecule has 10 heteroatoms. The first-order valence-electron chi connectivity index (χ1n) is 5.44. The maximum absolute atomic E-state index is 11.4. The first-order chi connectivity index (χ1) is 9.27. The first-order valence-corrected chi connectivity index (χ1v) is 5.44. The molecule has 0 atom stereocenters. The predicted molar refractivity (Wildman–Crippen MR) is 64.2 cm³/mol. The molecule has 0 aromatic heterocycles. The van der Waals surface area contributed by atoms with Crippen LogP contribution in [0.25, 0.3) is 0 Å². The maximum Gasteiger partial charge on any atom is 1.00 e. The Morgan fingerprint density at radius 2 is 1.67 bits per heavy atom. The van der Waals surface area contributed by atoms with Gasteiger partial charge in [0.1, 0.15) is 5.78 Å². The summed E-state index contributed by atoms with van der Waals surface area (Å²) in [6.07, 6.45) is 1.43. The van der Waals surface area contributed by atoms with E-state index in [2.05, 4.69) is 4.74 Å². The van der Waals surface area contributed by atoms with Crippen LogP contribution < -0.4 is 51.4 Å². The monoisotopic (exact) mass is 322 g/mol. The second-order valence-corrected chi connectivity index (χ2v) is 4.02. The minimum Gasteiger partial charge on any atom is -0.470 e. The van der Waals surface area contributed by atoms with Gasteiger partial charge in [-0.15, -0.1) is 0 Å². The Hall–Kier alpha value is -1.07. The van der Waals surface area contributed by atoms with Crippen LogP contribution in [0.1, 0.15) is 13.3 Å². The van der Waals surface area contributed by atoms with Crippen molar-refractivity contribution in [2.45, 2.75) is 13.3 Å². The van der Waals surface area contributed by atoms with Crippen molar-refractivity contribution in [3.05, 3.63) is 49.7 Å². The van der Waals surface area contributed by atoms with E-state index in [-0.39, 0.29) is 57.3 Å². The van der Waals surface area contributed by atoms with E-state index in [1.165, 1.54) is 0 Å². The Labute approximate surface area is 162 Å². The molecule has 0 fully saturated rings. The van der Waals surface area contributed by atoms with Crippen molar-refractivity contribution >= 4 is 11.8 Å². The molecule has 0 unspecified atom stereocenters. The number of Topliss-reactive ketones (excluding diaryl/α,β-unsaturated/α-hetero) is 1. The van der Waals surface area contributed by atoms with Gasteiger partial charge in [-0.25, -0.2) is 0 Å². The number of carbonyl (C=O) groups is 2. The van der Waals surface area contributed by atoms with Gasteiger partial charge in [0.25, 0.3) is 5.97 Å². The van der Waals surface area contributed by atoms with Crippen LogP contribution in [0, 0.1) is 32.1 Å². The molecule has 0 spiro atoms. The minimum atomic E-state index is -1.23. The van der Waals surface area contributed by atoms with E-state index in [1.54, 1.807) is 0 Å². The molecule has 1 aliphatic rings. The van der Waals surface area contributed by atoms with Crippen molar-refractivity contribution in [3.63, 3.8) is 0 Å².